The lowest BCUT2D eigenvalue weighted by Gasteiger charge is -2.24. The van der Waals surface area contributed by atoms with E-state index < -0.39 is 39.7 Å². The van der Waals surface area contributed by atoms with Crippen molar-refractivity contribution in [2.45, 2.75) is 37.5 Å². The number of nitrogens with one attached hydrogen (secondary N) is 3. The minimum atomic E-state index is -3.64. The van der Waals surface area contributed by atoms with Crippen LogP contribution in [0.4, 0.5) is 14.8 Å². The first-order chi connectivity index (χ1) is 14.1. The van der Waals surface area contributed by atoms with Crippen LogP contribution in [-0.2, 0) is 16.4 Å². The summed E-state index contributed by atoms with van der Waals surface area (Å²) in [5.41, 5.74) is 0.0294. The molecule has 164 valence electrons. The van der Waals surface area contributed by atoms with Gasteiger partial charge in [0.15, 0.2) is 5.69 Å². The predicted molar refractivity (Wildman–Crippen MR) is 103 cm³/mol. The number of aliphatic hydroxyl groups excluding tert-OH is 1. The molecule has 2 atom stereocenters. The Morgan fingerprint density at radius 1 is 1.30 bits per heavy atom. The van der Waals surface area contributed by atoms with Crippen molar-refractivity contribution in [3.63, 3.8) is 0 Å². The highest BCUT2D eigenvalue weighted by atomic mass is 32.2. The van der Waals surface area contributed by atoms with Crippen LogP contribution in [0.5, 0.6) is 0 Å². The van der Waals surface area contributed by atoms with E-state index in [1.165, 1.54) is 0 Å². The van der Waals surface area contributed by atoms with Gasteiger partial charge < -0.3 is 20.2 Å². The Morgan fingerprint density at radius 3 is 2.57 bits per heavy atom. The quantitative estimate of drug-likeness (QED) is 0.426. The Morgan fingerprint density at radius 2 is 1.97 bits per heavy atom. The number of benzene rings is 1. The molecule has 2 unspecified atom stereocenters. The zero-order valence-corrected chi connectivity index (χ0v) is 16.9. The molecule has 30 heavy (non-hydrogen) atoms. The van der Waals surface area contributed by atoms with Crippen molar-refractivity contribution in [2.24, 2.45) is 0 Å². The summed E-state index contributed by atoms with van der Waals surface area (Å²) in [6.45, 7) is 0.174. The van der Waals surface area contributed by atoms with Crippen LogP contribution in [0, 0.1) is 11.6 Å². The van der Waals surface area contributed by atoms with Crippen LogP contribution in [0.2, 0.25) is 0 Å². The molecule has 2 aromatic rings. The molecule has 12 heteroatoms. The van der Waals surface area contributed by atoms with Crippen LogP contribution >= 0.6 is 0 Å². The Labute approximate surface area is 171 Å². The summed E-state index contributed by atoms with van der Waals surface area (Å²) in [7, 11) is -3.64. The van der Waals surface area contributed by atoms with Gasteiger partial charge >= 0.3 is 6.01 Å². The third-order valence-corrected chi connectivity index (χ3v) is 4.91. The second-order valence-electron chi connectivity index (χ2n) is 7.22. The van der Waals surface area contributed by atoms with Gasteiger partial charge in [0.2, 0.25) is 10.0 Å². The maximum Gasteiger partial charge on any atom is 0.309 e. The average molecular weight is 444 g/mol. The highest BCUT2D eigenvalue weighted by molar-refractivity contribution is 7.91. The molecular weight excluding hydrogens is 422 g/mol. The molecule has 9 nitrogen and oxygen atoms in total. The highest BCUT2D eigenvalue weighted by Crippen LogP contribution is 2.19. The van der Waals surface area contributed by atoms with Crippen LogP contribution in [0.25, 0.3) is 0 Å². The number of amides is 1. The minimum absolute atomic E-state index is 0.0414. The Balaban J connectivity index is 1.72. The summed E-state index contributed by atoms with van der Waals surface area (Å²) in [5.74, 6) is -2.28. The topological polar surface area (TPSA) is 134 Å². The number of carbonyl (C=O) groups excluding carboxylic acids is 1. The minimum Gasteiger partial charge on any atom is -0.431 e. The lowest BCUT2D eigenvalue weighted by molar-refractivity contribution is 0.0825. The molecular formula is C18H22F2N4O5S. The fraction of sp³-hybridized carbons (Fsp3) is 0.444. The van der Waals surface area contributed by atoms with Crippen LogP contribution in [0.3, 0.4) is 0 Å². The van der Waals surface area contributed by atoms with E-state index in [4.69, 9.17) is 4.42 Å². The SMILES string of the molecule is CS(=O)(=O)Nc1nc(C(=O)NC(Cc2cc(F)cc(F)c2)C(O)CNC2CC2)co1. The molecule has 1 saturated carbocycles. The van der Waals surface area contributed by atoms with Crippen molar-refractivity contribution in [1.82, 2.24) is 15.6 Å². The van der Waals surface area contributed by atoms with Gasteiger partial charge in [-0.15, -0.1) is 0 Å². The fourth-order valence-corrected chi connectivity index (χ4v) is 3.22. The van der Waals surface area contributed by atoms with Crippen LogP contribution in [0.1, 0.15) is 28.9 Å². The lowest BCUT2D eigenvalue weighted by atomic mass is 10.0. The van der Waals surface area contributed by atoms with Gasteiger partial charge in [0.1, 0.15) is 17.9 Å². The second-order valence-corrected chi connectivity index (χ2v) is 8.97. The Bertz CT molecular complexity index is 990. The van der Waals surface area contributed by atoms with Crippen molar-refractivity contribution in [3.05, 3.63) is 47.4 Å². The number of hydrogen-bond donors (Lipinski definition) is 4. The molecule has 0 bridgehead atoms. The standard InChI is InChI=1S/C18H22F2N4O5S/c1-30(27,28)24-18-23-15(9-29-18)17(26)22-14(16(25)8-21-13-2-3-13)6-10-4-11(19)7-12(20)5-10/h4-5,7,9,13-14,16,21,25H,2-3,6,8H2,1H3,(H,22,26)(H,23,24). The molecule has 1 amide bonds. The number of rotatable bonds is 10. The number of hydrogen-bond acceptors (Lipinski definition) is 7. The summed E-state index contributed by atoms with van der Waals surface area (Å²) in [4.78, 5) is 16.3. The third-order valence-electron chi connectivity index (χ3n) is 4.36. The van der Waals surface area contributed by atoms with E-state index in [2.05, 4.69) is 15.6 Å². The maximum atomic E-state index is 13.5. The molecule has 1 aliphatic carbocycles. The normalized spacial score (nSPS) is 16.1. The van der Waals surface area contributed by atoms with Gasteiger partial charge in [0, 0.05) is 18.7 Å². The molecule has 4 N–H and O–H groups in total. The first-order valence-electron chi connectivity index (χ1n) is 9.19. The number of carbonyl (C=O) groups is 1. The summed E-state index contributed by atoms with van der Waals surface area (Å²) >= 11 is 0. The predicted octanol–water partition coefficient (Wildman–Crippen LogP) is 0.778. The van der Waals surface area contributed by atoms with Crippen molar-refractivity contribution in [2.75, 3.05) is 17.5 Å². The van der Waals surface area contributed by atoms with Gasteiger partial charge in [-0.05, 0) is 37.0 Å². The van der Waals surface area contributed by atoms with Crippen molar-refractivity contribution in [1.29, 1.82) is 0 Å². The van der Waals surface area contributed by atoms with Gasteiger partial charge in [-0.25, -0.2) is 21.9 Å². The van der Waals surface area contributed by atoms with Crippen molar-refractivity contribution < 1.29 is 31.5 Å². The Hall–Kier alpha value is -2.57. The number of aromatic nitrogens is 1. The zero-order valence-electron chi connectivity index (χ0n) is 16.1. The van der Waals surface area contributed by atoms with Crippen LogP contribution < -0.4 is 15.4 Å². The molecule has 0 spiro atoms. The van der Waals surface area contributed by atoms with Gasteiger partial charge in [0.25, 0.3) is 5.91 Å². The molecule has 1 aromatic carbocycles. The Kier molecular flexibility index (Phi) is 6.68. The number of sulfonamides is 1. The van der Waals surface area contributed by atoms with Crippen LogP contribution in [-0.4, -0.2) is 55.4 Å². The molecule has 1 aromatic heterocycles. The van der Waals surface area contributed by atoms with E-state index in [-0.39, 0.29) is 30.2 Å². The number of anilines is 1. The van der Waals surface area contributed by atoms with Gasteiger partial charge in [-0.1, -0.05) is 0 Å². The average Bonchev–Trinajstić information content (AvgIpc) is 3.34. The number of oxazole rings is 1. The fourth-order valence-electron chi connectivity index (χ4n) is 2.81. The van der Waals surface area contributed by atoms with E-state index in [1.54, 1.807) is 0 Å². The summed E-state index contributed by atoms with van der Waals surface area (Å²) < 4.78 is 56.4. The van der Waals surface area contributed by atoms with Gasteiger partial charge in [0.05, 0.1) is 18.4 Å². The number of aliphatic hydroxyl groups is 1. The maximum absolute atomic E-state index is 13.5. The molecule has 3 rings (SSSR count). The third kappa shape index (κ3) is 6.75. The second kappa shape index (κ2) is 9.06. The van der Waals surface area contributed by atoms with Gasteiger partial charge in [-0.2, -0.15) is 4.98 Å². The van der Waals surface area contributed by atoms with Crippen molar-refractivity contribution >= 4 is 21.9 Å². The molecule has 1 heterocycles. The zero-order chi connectivity index (χ0) is 21.9. The molecule has 1 aliphatic rings. The smallest absolute Gasteiger partial charge is 0.309 e. The monoisotopic (exact) mass is 444 g/mol. The molecule has 0 aliphatic heterocycles. The molecule has 0 radical (unpaired) electrons. The number of nitrogens with zero attached hydrogens (tertiary/aromatic N) is 1. The van der Waals surface area contributed by atoms with Gasteiger partial charge in [-0.3, -0.25) is 4.79 Å². The largest absolute Gasteiger partial charge is 0.431 e. The molecule has 0 saturated heterocycles. The van der Waals surface area contributed by atoms with E-state index in [9.17, 15) is 27.1 Å². The van der Waals surface area contributed by atoms with Crippen LogP contribution in [0.15, 0.2) is 28.9 Å². The summed E-state index contributed by atoms with van der Waals surface area (Å²) in [6, 6.07) is 1.99. The number of halogens is 2. The summed E-state index contributed by atoms with van der Waals surface area (Å²) in [6.07, 6.45) is 2.74. The lowest BCUT2D eigenvalue weighted by Crippen LogP contribution is -2.49. The van der Waals surface area contributed by atoms with E-state index >= 15 is 0 Å². The first kappa shape index (κ1) is 22.1. The first-order valence-corrected chi connectivity index (χ1v) is 11.1. The van der Waals surface area contributed by atoms with E-state index in [1.807, 2.05) is 4.72 Å². The van der Waals surface area contributed by atoms with E-state index in [0.29, 0.717) is 6.04 Å². The molecule has 1 fully saturated rings. The van der Waals surface area contributed by atoms with Crippen molar-refractivity contribution in [3.8, 4) is 0 Å². The van der Waals surface area contributed by atoms with E-state index in [0.717, 1.165) is 43.6 Å². The summed E-state index contributed by atoms with van der Waals surface area (Å²) in [5, 5.41) is 16.2. The highest BCUT2D eigenvalue weighted by Gasteiger charge is 2.27.